The van der Waals surface area contributed by atoms with Gasteiger partial charge in [0.2, 0.25) is 11.0 Å². The Bertz CT molecular complexity index is 1270. The number of nitrogens with zero attached hydrogens (tertiary/aromatic N) is 2. The van der Waals surface area contributed by atoms with E-state index >= 15 is 0 Å². The number of benzene rings is 2. The molecule has 202 valence electrons. The van der Waals surface area contributed by atoms with Crippen LogP contribution in [0.1, 0.15) is 70.6 Å². The van der Waals surface area contributed by atoms with Gasteiger partial charge in [-0.3, -0.25) is 0 Å². The summed E-state index contributed by atoms with van der Waals surface area (Å²) in [6, 6.07) is 21.5. The lowest BCUT2D eigenvalue weighted by Gasteiger charge is -2.13. The van der Waals surface area contributed by atoms with Crippen LogP contribution in [0.2, 0.25) is 0 Å². The average Bonchev–Trinajstić information content (AvgIpc) is 2.95. The first-order chi connectivity index (χ1) is 18.5. The molecule has 0 saturated heterocycles. The fourth-order valence-corrected chi connectivity index (χ4v) is 7.51. The summed E-state index contributed by atoms with van der Waals surface area (Å²) in [5, 5.41) is 2.35. The monoisotopic (exact) mass is 738 g/mol. The zero-order chi connectivity index (χ0) is 27.1. The number of aromatic nitrogens is 2. The first-order valence-electron chi connectivity index (χ1n) is 13.7. The molecule has 38 heavy (non-hydrogen) atoms. The molecule has 0 aliphatic heterocycles. The van der Waals surface area contributed by atoms with Crippen LogP contribution in [0, 0.1) is 0 Å². The summed E-state index contributed by atoms with van der Waals surface area (Å²) in [4.78, 5) is 0. The van der Waals surface area contributed by atoms with Crippen molar-refractivity contribution in [2.45, 2.75) is 59.2 Å². The van der Waals surface area contributed by atoms with Crippen molar-refractivity contribution in [3.05, 3.63) is 72.1 Å². The standard InChI is InChI=1S/C32H40I2N2O2/c1-35-27-19-13-11-15-23(27)31(37-3)21-29(35)25(33)17-9-7-5-6-8-10-18-26(34)30-22-32(38-4)24-16-12-14-20-28(24)36(30)2/h11-16,19-22,25-26H,5-10,17-18H2,1-4H3/q+2. The Morgan fingerprint density at radius 1 is 0.605 bits per heavy atom. The van der Waals surface area contributed by atoms with E-state index in [1.807, 2.05) is 0 Å². The Kier molecular flexibility index (Phi) is 10.9. The molecule has 2 aromatic carbocycles. The van der Waals surface area contributed by atoms with Crippen LogP contribution >= 0.6 is 45.2 Å². The van der Waals surface area contributed by atoms with E-state index in [1.165, 1.54) is 84.6 Å². The third-order valence-corrected chi connectivity index (χ3v) is 10.2. The van der Waals surface area contributed by atoms with Gasteiger partial charge in [-0.25, -0.2) is 0 Å². The molecule has 6 heteroatoms. The topological polar surface area (TPSA) is 26.2 Å². The fraction of sp³-hybridized carbons (Fsp3) is 0.438. The molecule has 0 aliphatic carbocycles. The third kappa shape index (κ3) is 6.72. The lowest BCUT2D eigenvalue weighted by atomic mass is 10.0. The smallest absolute Gasteiger partial charge is 0.216 e. The Morgan fingerprint density at radius 2 is 0.974 bits per heavy atom. The maximum atomic E-state index is 5.71. The Balaban J connectivity index is 1.21. The molecule has 4 aromatic rings. The van der Waals surface area contributed by atoms with Crippen molar-refractivity contribution in [1.82, 2.24) is 0 Å². The molecule has 4 rings (SSSR count). The maximum absolute atomic E-state index is 5.71. The van der Waals surface area contributed by atoms with E-state index in [0.29, 0.717) is 7.85 Å². The summed E-state index contributed by atoms with van der Waals surface area (Å²) in [6.45, 7) is 0. The van der Waals surface area contributed by atoms with Gasteiger partial charge in [0.05, 0.1) is 32.8 Å². The number of ether oxygens (including phenoxy) is 2. The highest BCUT2D eigenvalue weighted by molar-refractivity contribution is 14.1. The van der Waals surface area contributed by atoms with Crippen LogP contribution in [-0.2, 0) is 14.1 Å². The highest BCUT2D eigenvalue weighted by atomic mass is 127. The lowest BCUT2D eigenvalue weighted by Crippen LogP contribution is -2.35. The van der Waals surface area contributed by atoms with E-state index < -0.39 is 0 Å². The normalized spacial score (nSPS) is 13.1. The van der Waals surface area contributed by atoms with Gasteiger partial charge in [-0.05, 0) is 25.0 Å². The minimum atomic E-state index is 0.482. The quantitative estimate of drug-likeness (QED) is 0.0596. The summed E-state index contributed by atoms with van der Waals surface area (Å²) in [5.41, 5.74) is 5.14. The molecule has 0 amide bonds. The zero-order valence-electron chi connectivity index (χ0n) is 23.1. The minimum Gasteiger partial charge on any atom is -0.496 e. The van der Waals surface area contributed by atoms with Gasteiger partial charge in [0.25, 0.3) is 0 Å². The number of hydrogen-bond donors (Lipinski definition) is 0. The van der Waals surface area contributed by atoms with Crippen LogP contribution in [0.3, 0.4) is 0 Å². The average molecular weight is 738 g/mol. The number of rotatable bonds is 13. The van der Waals surface area contributed by atoms with Crippen LogP contribution < -0.4 is 18.6 Å². The fourth-order valence-electron chi connectivity index (χ4n) is 5.43. The summed E-state index contributed by atoms with van der Waals surface area (Å²) >= 11 is 5.22. The van der Waals surface area contributed by atoms with Crippen LogP contribution in [0.4, 0.5) is 0 Å². The third-order valence-electron chi connectivity index (χ3n) is 7.64. The number of pyridine rings is 2. The van der Waals surface area contributed by atoms with Crippen LogP contribution in [0.15, 0.2) is 60.7 Å². The summed E-state index contributed by atoms with van der Waals surface area (Å²) < 4.78 is 17.1. The molecule has 0 spiro atoms. The summed E-state index contributed by atoms with van der Waals surface area (Å²) in [6.07, 6.45) is 10.2. The lowest BCUT2D eigenvalue weighted by molar-refractivity contribution is -0.653. The number of fused-ring (bicyclic) bond motifs is 2. The van der Waals surface area contributed by atoms with Crippen LogP contribution in [0.25, 0.3) is 21.8 Å². The molecule has 2 atom stereocenters. The molecular weight excluding hydrogens is 698 g/mol. The maximum Gasteiger partial charge on any atom is 0.216 e. The van der Waals surface area contributed by atoms with E-state index in [9.17, 15) is 0 Å². The van der Waals surface area contributed by atoms with E-state index in [-0.39, 0.29) is 0 Å². The Hall–Kier alpha value is -1.68. The molecular formula is C32H40I2N2O2+2. The van der Waals surface area contributed by atoms with E-state index in [1.54, 1.807) is 14.2 Å². The first kappa shape index (κ1) is 29.3. The highest BCUT2D eigenvalue weighted by Crippen LogP contribution is 2.34. The molecule has 2 unspecified atom stereocenters. The minimum absolute atomic E-state index is 0.482. The van der Waals surface area contributed by atoms with Gasteiger partial charge in [0.1, 0.15) is 25.6 Å². The van der Waals surface area contributed by atoms with Crippen molar-refractivity contribution in [3.8, 4) is 11.5 Å². The predicted octanol–water partition coefficient (Wildman–Crippen LogP) is 8.43. The van der Waals surface area contributed by atoms with E-state index in [0.717, 1.165) is 11.5 Å². The van der Waals surface area contributed by atoms with Gasteiger partial charge < -0.3 is 9.47 Å². The molecule has 2 aromatic heterocycles. The van der Waals surface area contributed by atoms with Crippen LogP contribution in [0.5, 0.6) is 11.5 Å². The van der Waals surface area contributed by atoms with Crippen molar-refractivity contribution in [3.63, 3.8) is 0 Å². The van der Waals surface area contributed by atoms with Crippen molar-refractivity contribution in [2.24, 2.45) is 14.1 Å². The number of para-hydroxylation sites is 2. The van der Waals surface area contributed by atoms with Gasteiger partial charge in [-0.15, -0.1) is 0 Å². The number of unbranched alkanes of at least 4 members (excludes halogenated alkanes) is 5. The van der Waals surface area contributed by atoms with Gasteiger partial charge in [0, 0.05) is 24.3 Å². The van der Waals surface area contributed by atoms with Gasteiger partial charge in [0.15, 0.2) is 11.4 Å². The number of aryl methyl sites for hydroxylation is 2. The Labute approximate surface area is 255 Å². The van der Waals surface area contributed by atoms with Gasteiger partial charge >= 0.3 is 0 Å². The summed E-state index contributed by atoms with van der Waals surface area (Å²) in [5.74, 6) is 1.94. The first-order valence-corrected chi connectivity index (χ1v) is 16.1. The van der Waals surface area contributed by atoms with Crippen molar-refractivity contribution >= 4 is 67.0 Å². The molecule has 0 bridgehead atoms. The van der Waals surface area contributed by atoms with Crippen LogP contribution in [-0.4, -0.2) is 14.2 Å². The van der Waals surface area contributed by atoms with Crippen molar-refractivity contribution < 1.29 is 18.6 Å². The molecule has 0 saturated carbocycles. The van der Waals surface area contributed by atoms with Crippen molar-refractivity contribution in [2.75, 3.05) is 14.2 Å². The van der Waals surface area contributed by atoms with Gasteiger partial charge in [-0.2, -0.15) is 9.13 Å². The molecule has 0 aliphatic rings. The number of halogens is 2. The number of alkyl halides is 2. The number of hydrogen-bond acceptors (Lipinski definition) is 2. The number of methoxy groups -OCH3 is 2. The van der Waals surface area contributed by atoms with E-state index in [2.05, 4.69) is 129 Å². The Morgan fingerprint density at radius 3 is 1.37 bits per heavy atom. The molecule has 2 heterocycles. The largest absolute Gasteiger partial charge is 0.496 e. The second-order valence-electron chi connectivity index (χ2n) is 10.1. The second kappa shape index (κ2) is 14.1. The molecule has 0 radical (unpaired) electrons. The molecule has 4 nitrogen and oxygen atoms in total. The highest BCUT2D eigenvalue weighted by Gasteiger charge is 2.24. The molecule has 0 N–H and O–H groups in total. The second-order valence-corrected chi connectivity index (χ2v) is 13.1. The van der Waals surface area contributed by atoms with Gasteiger partial charge in [-0.1, -0.05) is 108 Å². The predicted molar refractivity (Wildman–Crippen MR) is 174 cm³/mol. The van der Waals surface area contributed by atoms with E-state index in [4.69, 9.17) is 9.47 Å². The molecule has 0 fully saturated rings. The zero-order valence-corrected chi connectivity index (χ0v) is 27.4. The summed E-state index contributed by atoms with van der Waals surface area (Å²) in [7, 11) is 7.90. The SMILES string of the molecule is COc1cc(C(I)CCCCCCCCC(I)c2cc(OC)c3ccccc3[n+]2C)[n+](C)c2ccccc12. The van der Waals surface area contributed by atoms with Crippen molar-refractivity contribution in [1.29, 1.82) is 0 Å².